The Bertz CT molecular complexity index is 1670. The van der Waals surface area contributed by atoms with Crippen molar-refractivity contribution in [1.82, 2.24) is 5.32 Å². The van der Waals surface area contributed by atoms with Crippen LogP contribution in [0.25, 0.3) is 0 Å². The Morgan fingerprint density at radius 3 is 1.36 bits per heavy atom. The Labute approximate surface area is 488 Å². The summed E-state index contributed by atoms with van der Waals surface area (Å²) in [5.41, 5.74) is 0. The lowest BCUT2D eigenvalue weighted by Gasteiger charge is -2.41. The van der Waals surface area contributed by atoms with E-state index < -0.39 is 67.4 Å². The van der Waals surface area contributed by atoms with Crippen LogP contribution < -0.4 is 5.32 Å². The van der Waals surface area contributed by atoms with Crippen LogP contribution in [0.2, 0.25) is 0 Å². The molecule has 80 heavy (non-hydrogen) atoms. The maximum Gasteiger partial charge on any atom is 0.306 e. The van der Waals surface area contributed by atoms with Crippen molar-refractivity contribution in [3.8, 4) is 0 Å². The maximum atomic E-state index is 13.5. The van der Waals surface area contributed by atoms with Crippen LogP contribution in [0.15, 0.2) is 97.2 Å². The molecule has 11 nitrogen and oxygen atoms in total. The second-order valence-electron chi connectivity index (χ2n) is 22.1. The van der Waals surface area contributed by atoms with Gasteiger partial charge in [-0.15, -0.1) is 0 Å². The largest absolute Gasteiger partial charge is 0.454 e. The number of carbonyl (C=O) groups is 2. The fourth-order valence-corrected chi connectivity index (χ4v) is 9.59. The number of rotatable bonds is 54. The van der Waals surface area contributed by atoms with Crippen LogP contribution in [0, 0.1) is 0 Å². The summed E-state index contributed by atoms with van der Waals surface area (Å²) in [6, 6.07) is -1.04. The predicted molar refractivity (Wildman–Crippen MR) is 333 cm³/mol. The zero-order chi connectivity index (χ0) is 58.2. The summed E-state index contributed by atoms with van der Waals surface area (Å²) in [6.07, 6.45) is 64.4. The molecule has 1 rings (SSSR count). The van der Waals surface area contributed by atoms with E-state index in [9.17, 15) is 35.1 Å². The quantitative estimate of drug-likeness (QED) is 0.0195. The molecule has 0 radical (unpaired) electrons. The Kier molecular flexibility index (Phi) is 52.3. The molecule has 1 aliphatic heterocycles. The zero-order valence-corrected chi connectivity index (χ0v) is 50.9. The van der Waals surface area contributed by atoms with Gasteiger partial charge in [0.1, 0.15) is 24.4 Å². The highest BCUT2D eigenvalue weighted by atomic mass is 16.7. The predicted octanol–water partition coefficient (Wildman–Crippen LogP) is 15.9. The highest BCUT2D eigenvalue weighted by Crippen LogP contribution is 2.26. The fourth-order valence-electron chi connectivity index (χ4n) is 9.59. The third-order valence-corrected chi connectivity index (χ3v) is 14.7. The highest BCUT2D eigenvalue weighted by Gasteiger charge is 2.47. The maximum absolute atomic E-state index is 13.5. The number of esters is 1. The zero-order valence-electron chi connectivity index (χ0n) is 50.9. The summed E-state index contributed by atoms with van der Waals surface area (Å²) < 4.78 is 17.6. The van der Waals surface area contributed by atoms with Gasteiger partial charge in [0.25, 0.3) is 0 Å². The average Bonchev–Trinajstić information content (AvgIpc) is 3.51. The summed E-state index contributed by atoms with van der Waals surface area (Å²) in [7, 11) is 0. The van der Waals surface area contributed by atoms with Crippen molar-refractivity contribution < 1.29 is 49.3 Å². The number of allylic oxidation sites excluding steroid dienone is 15. The molecule has 0 aromatic rings. The Balaban J connectivity index is 2.68. The lowest BCUT2D eigenvalue weighted by Crippen LogP contribution is -2.61. The Morgan fingerprint density at radius 1 is 0.500 bits per heavy atom. The molecule has 1 saturated heterocycles. The molecule has 6 N–H and O–H groups in total. The van der Waals surface area contributed by atoms with Crippen LogP contribution in [0.3, 0.4) is 0 Å². The van der Waals surface area contributed by atoms with Gasteiger partial charge in [-0.2, -0.15) is 0 Å². The van der Waals surface area contributed by atoms with Crippen LogP contribution >= 0.6 is 0 Å². The van der Waals surface area contributed by atoms with E-state index in [-0.39, 0.29) is 19.4 Å². The number of unbranched alkanes of at least 4 members (excludes halogenated alkanes) is 26. The van der Waals surface area contributed by atoms with Crippen LogP contribution in [-0.4, -0.2) is 99.6 Å². The molecule has 0 aliphatic carbocycles. The first kappa shape index (κ1) is 74.6. The topological polar surface area (TPSA) is 175 Å². The standard InChI is InChI=1S/C69H119NO10/c1-4-7-10-13-16-19-22-25-27-28-29-30-31-32-33-34-35-36-38-41-44-47-50-53-56-62(73)68(77)70-60(61(72)55-52-49-46-43-40-37-24-21-18-15-12-9-6-3)59-78-69-67(66(76)65(75)63(58-71)79-69)80-64(74)57-54-51-48-45-42-39-26-23-20-17-14-11-8-5-2/h7,10,16,19,25,27,29-30,32-33,35-36,39,42,52,55,60-63,65-67,69,71-73,75-76H,4-6,8-9,11-15,17-18,20-24,26,28,31,34,37-38,40-41,43-51,53-54,56-59H2,1-3H3,(H,70,77)/b10-7-,19-16-,27-25-,30-29-,33-32-,36-35-,42-39-,55-52+. The van der Waals surface area contributed by atoms with Gasteiger partial charge in [0.15, 0.2) is 12.4 Å². The van der Waals surface area contributed by atoms with Gasteiger partial charge >= 0.3 is 5.97 Å². The molecule has 460 valence electrons. The number of amides is 1. The summed E-state index contributed by atoms with van der Waals surface area (Å²) >= 11 is 0. The molecule has 0 saturated carbocycles. The Morgan fingerprint density at radius 2 is 0.900 bits per heavy atom. The van der Waals surface area contributed by atoms with E-state index in [2.05, 4.69) is 111 Å². The molecule has 1 heterocycles. The van der Waals surface area contributed by atoms with E-state index in [1.54, 1.807) is 6.08 Å². The number of ether oxygens (including phenoxy) is 3. The molecule has 8 unspecified atom stereocenters. The van der Waals surface area contributed by atoms with Crippen LogP contribution in [-0.2, 0) is 23.8 Å². The molecular weight excluding hydrogens is 1000 g/mol. The molecule has 0 spiro atoms. The van der Waals surface area contributed by atoms with E-state index >= 15 is 0 Å². The molecule has 8 atom stereocenters. The molecule has 0 aromatic heterocycles. The first-order valence-electron chi connectivity index (χ1n) is 32.5. The number of hydrogen-bond acceptors (Lipinski definition) is 10. The van der Waals surface area contributed by atoms with Crippen molar-refractivity contribution in [3.05, 3.63) is 97.2 Å². The van der Waals surface area contributed by atoms with Gasteiger partial charge in [-0.3, -0.25) is 9.59 Å². The molecule has 0 bridgehead atoms. The highest BCUT2D eigenvalue weighted by molar-refractivity contribution is 5.80. The van der Waals surface area contributed by atoms with Crippen LogP contribution in [0.1, 0.15) is 265 Å². The number of hydrogen-bond donors (Lipinski definition) is 6. The number of aliphatic hydroxyl groups excluding tert-OH is 5. The van der Waals surface area contributed by atoms with Gasteiger partial charge < -0.3 is 45.1 Å². The molecule has 1 amide bonds. The smallest absolute Gasteiger partial charge is 0.306 e. The van der Waals surface area contributed by atoms with Crippen LogP contribution in [0.5, 0.6) is 0 Å². The molecule has 1 fully saturated rings. The summed E-state index contributed by atoms with van der Waals surface area (Å²) in [5, 5.41) is 57.0. The van der Waals surface area contributed by atoms with Crippen molar-refractivity contribution in [1.29, 1.82) is 0 Å². The first-order valence-corrected chi connectivity index (χ1v) is 32.5. The van der Waals surface area contributed by atoms with Crippen molar-refractivity contribution in [2.45, 2.75) is 314 Å². The van der Waals surface area contributed by atoms with Gasteiger partial charge in [0, 0.05) is 6.42 Å². The normalized spacial score (nSPS) is 19.4. The van der Waals surface area contributed by atoms with E-state index in [0.29, 0.717) is 12.8 Å². The average molecular weight is 1120 g/mol. The minimum Gasteiger partial charge on any atom is -0.454 e. The lowest BCUT2D eigenvalue weighted by atomic mass is 9.99. The van der Waals surface area contributed by atoms with E-state index in [1.165, 1.54) is 103 Å². The van der Waals surface area contributed by atoms with Crippen molar-refractivity contribution >= 4 is 11.9 Å². The van der Waals surface area contributed by atoms with Gasteiger partial charge in [0.2, 0.25) is 5.91 Å². The summed E-state index contributed by atoms with van der Waals surface area (Å²) in [6.45, 7) is 5.66. The number of nitrogens with one attached hydrogen (secondary N) is 1. The monoisotopic (exact) mass is 1120 g/mol. The third-order valence-electron chi connectivity index (χ3n) is 14.7. The lowest BCUT2D eigenvalue weighted by molar-refractivity contribution is -0.305. The second-order valence-corrected chi connectivity index (χ2v) is 22.1. The van der Waals surface area contributed by atoms with Crippen molar-refractivity contribution in [2.75, 3.05) is 13.2 Å². The van der Waals surface area contributed by atoms with Gasteiger partial charge in [-0.1, -0.05) is 253 Å². The molecule has 1 aliphatic rings. The number of carbonyl (C=O) groups excluding carboxylic acids is 2. The van der Waals surface area contributed by atoms with E-state index in [0.717, 1.165) is 116 Å². The van der Waals surface area contributed by atoms with Gasteiger partial charge in [-0.25, -0.2) is 0 Å². The second kappa shape index (κ2) is 56.1. The summed E-state index contributed by atoms with van der Waals surface area (Å²) in [5.74, 6) is -1.23. The molecular formula is C69H119NO10. The van der Waals surface area contributed by atoms with E-state index in [1.807, 2.05) is 6.08 Å². The minimum absolute atomic E-state index is 0.0980. The van der Waals surface area contributed by atoms with Crippen LogP contribution in [0.4, 0.5) is 0 Å². The first-order chi connectivity index (χ1) is 39.2. The SMILES string of the molecule is CC/C=C\C/C=C\C/C=C\C/C=C\C/C=C\C/C=C\CCCCCCCC(O)C(=O)NC(COC1OC(CO)C(O)C(O)C1OC(=O)CCCCC/C=C\CCCCCCCCC)C(O)/C=C/CCCCCCCCCCCCC. The third kappa shape index (κ3) is 43.3. The van der Waals surface area contributed by atoms with Crippen molar-refractivity contribution in [3.63, 3.8) is 0 Å². The molecule has 0 aromatic carbocycles. The van der Waals surface area contributed by atoms with Crippen molar-refractivity contribution in [2.24, 2.45) is 0 Å². The summed E-state index contributed by atoms with van der Waals surface area (Å²) in [4.78, 5) is 26.6. The fraction of sp³-hybridized carbons (Fsp3) is 0.739. The van der Waals surface area contributed by atoms with Gasteiger partial charge in [0.05, 0.1) is 25.4 Å². The van der Waals surface area contributed by atoms with Gasteiger partial charge in [-0.05, 0) is 103 Å². The molecule has 11 heteroatoms. The minimum atomic E-state index is -1.63. The van der Waals surface area contributed by atoms with E-state index in [4.69, 9.17) is 14.2 Å². The number of aliphatic hydroxyl groups is 5. The Hall–Kier alpha value is -3.42.